The van der Waals surface area contributed by atoms with Crippen LogP contribution in [0.3, 0.4) is 0 Å². The number of aryl methyl sites for hydroxylation is 2. The molecule has 0 unspecified atom stereocenters. The third-order valence-electron chi connectivity index (χ3n) is 5.15. The van der Waals surface area contributed by atoms with Gasteiger partial charge in [-0.2, -0.15) is 4.31 Å². The molecule has 1 fully saturated rings. The van der Waals surface area contributed by atoms with Gasteiger partial charge in [-0.3, -0.25) is 4.99 Å². The summed E-state index contributed by atoms with van der Waals surface area (Å²) in [6.07, 6.45) is 1.67. The summed E-state index contributed by atoms with van der Waals surface area (Å²) < 4.78 is 27.1. The fourth-order valence-electron chi connectivity index (χ4n) is 3.46. The first-order valence-electron chi connectivity index (χ1n) is 9.82. The fourth-order valence-corrected chi connectivity index (χ4v) is 5.83. The van der Waals surface area contributed by atoms with E-state index in [9.17, 15) is 8.42 Å². The third-order valence-corrected chi connectivity index (χ3v) is 8.14. The molecular formula is C20H30IN5O2S2. The zero-order valence-corrected chi connectivity index (χ0v) is 21.6. The van der Waals surface area contributed by atoms with E-state index in [0.717, 1.165) is 36.0 Å². The summed E-state index contributed by atoms with van der Waals surface area (Å²) in [5, 5.41) is 7.78. The van der Waals surface area contributed by atoms with Crippen LogP contribution >= 0.6 is 35.3 Å². The molecule has 0 radical (unpaired) electrons. The van der Waals surface area contributed by atoms with Gasteiger partial charge >= 0.3 is 0 Å². The van der Waals surface area contributed by atoms with Gasteiger partial charge in [0.1, 0.15) is 0 Å². The number of hydrogen-bond acceptors (Lipinski definition) is 5. The Balaban J connectivity index is 0.00000320. The van der Waals surface area contributed by atoms with E-state index in [1.807, 2.05) is 19.9 Å². The number of sulfonamides is 1. The second-order valence-electron chi connectivity index (χ2n) is 7.21. The first-order chi connectivity index (χ1) is 13.9. The topological polar surface area (TPSA) is 86.7 Å². The second kappa shape index (κ2) is 11.4. The number of aliphatic imine (C=N–C) groups is 1. The molecule has 0 atom stereocenters. The van der Waals surface area contributed by atoms with Gasteiger partial charge in [0.05, 0.1) is 22.1 Å². The number of thiazole rings is 1. The van der Waals surface area contributed by atoms with Gasteiger partial charge < -0.3 is 10.6 Å². The quantitative estimate of drug-likeness (QED) is 0.321. The van der Waals surface area contributed by atoms with Crippen molar-refractivity contribution in [1.82, 2.24) is 19.9 Å². The summed E-state index contributed by atoms with van der Waals surface area (Å²) in [6, 6.07) is 8.67. The van der Waals surface area contributed by atoms with Gasteiger partial charge in [-0.05, 0) is 44.7 Å². The number of piperidine rings is 1. The third kappa shape index (κ3) is 6.38. The molecule has 30 heavy (non-hydrogen) atoms. The maximum Gasteiger partial charge on any atom is 0.243 e. The van der Waals surface area contributed by atoms with Gasteiger partial charge in [0.2, 0.25) is 10.0 Å². The Labute approximate surface area is 200 Å². The Bertz CT molecular complexity index is 939. The van der Waals surface area contributed by atoms with Crippen molar-refractivity contribution in [2.45, 2.75) is 38.1 Å². The Kier molecular flexibility index (Phi) is 9.51. The first kappa shape index (κ1) is 25.0. The van der Waals surface area contributed by atoms with Crippen LogP contribution in [0.5, 0.6) is 0 Å². The summed E-state index contributed by atoms with van der Waals surface area (Å²) in [4.78, 5) is 10.3. The number of guanidine groups is 1. The number of nitrogens with zero attached hydrogens (tertiary/aromatic N) is 3. The van der Waals surface area contributed by atoms with Crippen LogP contribution in [0.2, 0.25) is 0 Å². The molecule has 0 spiro atoms. The zero-order valence-electron chi connectivity index (χ0n) is 17.6. The molecule has 2 heterocycles. The van der Waals surface area contributed by atoms with E-state index in [1.54, 1.807) is 47.0 Å². The molecule has 1 aliphatic rings. The Hall–Kier alpha value is -1.24. The van der Waals surface area contributed by atoms with Crippen molar-refractivity contribution in [3.05, 3.63) is 45.9 Å². The molecule has 10 heteroatoms. The van der Waals surface area contributed by atoms with E-state index in [4.69, 9.17) is 0 Å². The molecule has 1 aliphatic heterocycles. The molecule has 166 valence electrons. The van der Waals surface area contributed by atoms with Crippen LogP contribution in [0.1, 0.15) is 28.4 Å². The van der Waals surface area contributed by atoms with E-state index in [1.165, 1.54) is 4.88 Å². The van der Waals surface area contributed by atoms with Crippen LogP contribution in [0.25, 0.3) is 0 Å². The van der Waals surface area contributed by atoms with Gasteiger partial charge in [0.25, 0.3) is 0 Å². The van der Waals surface area contributed by atoms with Crippen LogP contribution in [0.4, 0.5) is 0 Å². The van der Waals surface area contributed by atoms with Crippen LogP contribution in [0, 0.1) is 19.8 Å². The van der Waals surface area contributed by atoms with E-state index >= 15 is 0 Å². The van der Waals surface area contributed by atoms with Crippen molar-refractivity contribution in [1.29, 1.82) is 0 Å². The lowest BCUT2D eigenvalue weighted by atomic mass is 9.98. The van der Waals surface area contributed by atoms with E-state index in [-0.39, 0.29) is 24.0 Å². The summed E-state index contributed by atoms with van der Waals surface area (Å²) in [5.41, 5.74) is 1.06. The van der Waals surface area contributed by atoms with Crippen molar-refractivity contribution in [2.75, 3.05) is 26.7 Å². The fraction of sp³-hybridized carbons (Fsp3) is 0.500. The summed E-state index contributed by atoms with van der Waals surface area (Å²) in [5.74, 6) is 1.18. The second-order valence-corrected chi connectivity index (χ2v) is 10.4. The molecular weight excluding hydrogens is 533 g/mol. The van der Waals surface area contributed by atoms with Crippen LogP contribution < -0.4 is 10.6 Å². The zero-order chi connectivity index (χ0) is 20.9. The molecule has 2 aromatic rings. The molecule has 1 aromatic carbocycles. The highest BCUT2D eigenvalue weighted by atomic mass is 127. The molecule has 0 bridgehead atoms. The molecule has 1 saturated heterocycles. The highest BCUT2D eigenvalue weighted by Gasteiger charge is 2.29. The lowest BCUT2D eigenvalue weighted by Gasteiger charge is -2.31. The van der Waals surface area contributed by atoms with Crippen molar-refractivity contribution in [2.24, 2.45) is 10.9 Å². The summed E-state index contributed by atoms with van der Waals surface area (Å²) in [6.45, 7) is 6.61. The van der Waals surface area contributed by atoms with E-state index in [0.29, 0.717) is 30.4 Å². The Morgan fingerprint density at radius 3 is 2.43 bits per heavy atom. The minimum absolute atomic E-state index is 0. The van der Waals surface area contributed by atoms with Gasteiger partial charge in [0, 0.05) is 31.6 Å². The number of benzene rings is 1. The van der Waals surface area contributed by atoms with Crippen molar-refractivity contribution >= 4 is 51.3 Å². The number of rotatable bonds is 6. The number of halogens is 1. The molecule has 0 aliphatic carbocycles. The SMILES string of the molecule is CN=C(NCc1sc(C)nc1C)NCC1CCN(S(=O)(=O)c2ccccc2)CC1.I. The van der Waals surface area contributed by atoms with Crippen LogP contribution in [-0.2, 0) is 16.6 Å². The molecule has 3 rings (SSSR count). The number of nitrogens with one attached hydrogen (secondary N) is 2. The predicted molar refractivity (Wildman–Crippen MR) is 133 cm³/mol. The lowest BCUT2D eigenvalue weighted by molar-refractivity contribution is 0.273. The van der Waals surface area contributed by atoms with Crippen LogP contribution in [0.15, 0.2) is 40.2 Å². The summed E-state index contributed by atoms with van der Waals surface area (Å²) >= 11 is 1.69. The molecule has 2 N–H and O–H groups in total. The van der Waals surface area contributed by atoms with E-state index in [2.05, 4.69) is 20.6 Å². The highest BCUT2D eigenvalue weighted by molar-refractivity contribution is 14.0. The van der Waals surface area contributed by atoms with E-state index < -0.39 is 10.0 Å². The first-order valence-corrected chi connectivity index (χ1v) is 12.1. The Morgan fingerprint density at radius 2 is 1.87 bits per heavy atom. The monoisotopic (exact) mass is 563 g/mol. The number of hydrogen-bond donors (Lipinski definition) is 2. The van der Waals surface area contributed by atoms with Gasteiger partial charge in [-0.1, -0.05) is 18.2 Å². The van der Waals surface area contributed by atoms with Gasteiger partial charge in [0.15, 0.2) is 5.96 Å². The standard InChI is InChI=1S/C20H29N5O2S2.HI/c1-15-19(28-16(2)24-15)14-23-20(21-3)22-13-17-9-11-25(12-10-17)29(26,27)18-7-5-4-6-8-18;/h4-8,17H,9-14H2,1-3H3,(H2,21,22,23);1H. The normalized spacial score (nSPS) is 16.2. The maximum atomic E-state index is 12.7. The van der Waals surface area contributed by atoms with Crippen molar-refractivity contribution in [3.63, 3.8) is 0 Å². The maximum absolute atomic E-state index is 12.7. The number of aromatic nitrogens is 1. The smallest absolute Gasteiger partial charge is 0.243 e. The van der Waals surface area contributed by atoms with Crippen LogP contribution in [-0.4, -0.2) is 50.3 Å². The lowest BCUT2D eigenvalue weighted by Crippen LogP contribution is -2.44. The Morgan fingerprint density at radius 1 is 1.20 bits per heavy atom. The predicted octanol–water partition coefficient (Wildman–Crippen LogP) is 3.14. The largest absolute Gasteiger partial charge is 0.356 e. The van der Waals surface area contributed by atoms with Gasteiger partial charge in [-0.25, -0.2) is 13.4 Å². The highest BCUT2D eigenvalue weighted by Crippen LogP contribution is 2.23. The average molecular weight is 564 g/mol. The van der Waals surface area contributed by atoms with Crippen molar-refractivity contribution < 1.29 is 8.42 Å². The molecule has 0 saturated carbocycles. The van der Waals surface area contributed by atoms with Crippen molar-refractivity contribution in [3.8, 4) is 0 Å². The minimum Gasteiger partial charge on any atom is -0.356 e. The molecule has 0 amide bonds. The molecule has 7 nitrogen and oxygen atoms in total. The molecule has 1 aromatic heterocycles. The summed E-state index contributed by atoms with van der Waals surface area (Å²) in [7, 11) is -1.63. The van der Waals surface area contributed by atoms with Gasteiger partial charge in [-0.15, -0.1) is 35.3 Å². The minimum atomic E-state index is -3.39. The average Bonchev–Trinajstić information content (AvgIpc) is 3.06.